The molecule has 0 fully saturated rings. The number of nitrogens with zero attached hydrogens (tertiary/aromatic N) is 1. The Hall–Kier alpha value is -3.68. The van der Waals surface area contributed by atoms with Crippen LogP contribution >= 0.6 is 0 Å². The molecule has 0 saturated carbocycles. The molecule has 0 bridgehead atoms. The summed E-state index contributed by atoms with van der Waals surface area (Å²) in [4.78, 5) is 0.120. The summed E-state index contributed by atoms with van der Waals surface area (Å²) >= 11 is 0. The number of rotatable bonds is 6. The van der Waals surface area contributed by atoms with Gasteiger partial charge >= 0.3 is 0 Å². The van der Waals surface area contributed by atoms with E-state index in [9.17, 15) is 8.42 Å². The van der Waals surface area contributed by atoms with Gasteiger partial charge in [0.05, 0.1) is 4.90 Å². The molecule has 0 spiro atoms. The number of aryl methyl sites for hydroxylation is 1. The number of aromatic nitrogens is 1. The lowest BCUT2D eigenvalue weighted by Crippen LogP contribution is -2.13. The van der Waals surface area contributed by atoms with Crippen molar-refractivity contribution in [2.24, 2.45) is 10.9 Å². The van der Waals surface area contributed by atoms with Gasteiger partial charge in [0.25, 0.3) is 0 Å². The molecule has 3 aromatic carbocycles. The first-order chi connectivity index (χ1) is 15.2. The molecule has 4 aromatic rings. The SMILES string of the molecule is Cc1ccc(S(N)(=O)=O)c(-c2ccc(-c3ccn(Cc4cccc(C(=N)N)c4)c3)cc2)c1. The summed E-state index contributed by atoms with van der Waals surface area (Å²) in [6, 6.07) is 22.6. The lowest BCUT2D eigenvalue weighted by molar-refractivity contribution is 0.598. The largest absolute Gasteiger partial charge is 0.384 e. The number of nitrogens with one attached hydrogen (secondary N) is 1. The van der Waals surface area contributed by atoms with E-state index >= 15 is 0 Å². The van der Waals surface area contributed by atoms with Crippen LogP contribution < -0.4 is 10.9 Å². The quantitative estimate of drug-likeness (QED) is 0.307. The highest BCUT2D eigenvalue weighted by Crippen LogP contribution is 2.30. The predicted molar refractivity (Wildman–Crippen MR) is 128 cm³/mol. The Morgan fingerprint density at radius 1 is 0.938 bits per heavy atom. The van der Waals surface area contributed by atoms with Gasteiger partial charge in [0, 0.05) is 30.1 Å². The Kier molecular flexibility index (Phi) is 5.69. The Labute approximate surface area is 187 Å². The summed E-state index contributed by atoms with van der Waals surface area (Å²) in [5, 5.41) is 13.0. The maximum atomic E-state index is 12.0. The van der Waals surface area contributed by atoms with Crippen molar-refractivity contribution in [3.8, 4) is 22.3 Å². The van der Waals surface area contributed by atoms with Crippen LogP contribution in [0.1, 0.15) is 16.7 Å². The molecule has 4 rings (SSSR count). The molecule has 7 heteroatoms. The molecule has 1 aromatic heterocycles. The van der Waals surface area contributed by atoms with Crippen molar-refractivity contribution >= 4 is 15.9 Å². The average Bonchev–Trinajstić information content (AvgIpc) is 3.21. The van der Waals surface area contributed by atoms with Crippen LogP contribution in [0.2, 0.25) is 0 Å². The molecule has 0 aliphatic heterocycles. The van der Waals surface area contributed by atoms with Gasteiger partial charge in [-0.25, -0.2) is 13.6 Å². The van der Waals surface area contributed by atoms with Gasteiger partial charge in [-0.1, -0.05) is 60.2 Å². The molecule has 0 amide bonds. The Morgan fingerprint density at radius 3 is 2.34 bits per heavy atom. The smallest absolute Gasteiger partial charge is 0.238 e. The van der Waals surface area contributed by atoms with Gasteiger partial charge in [-0.05, 0) is 47.4 Å². The van der Waals surface area contributed by atoms with Gasteiger partial charge in [-0.15, -0.1) is 0 Å². The van der Waals surface area contributed by atoms with Gasteiger partial charge in [-0.3, -0.25) is 5.41 Å². The molecule has 0 atom stereocenters. The summed E-state index contributed by atoms with van der Waals surface area (Å²) < 4.78 is 26.1. The fourth-order valence-corrected chi connectivity index (χ4v) is 4.46. The Balaban J connectivity index is 1.59. The van der Waals surface area contributed by atoms with Crippen LogP contribution in [0.15, 0.2) is 90.1 Å². The van der Waals surface area contributed by atoms with Gasteiger partial charge in [-0.2, -0.15) is 0 Å². The minimum absolute atomic E-state index is 0.0549. The van der Waals surface area contributed by atoms with Crippen molar-refractivity contribution in [1.82, 2.24) is 4.57 Å². The first-order valence-electron chi connectivity index (χ1n) is 10.0. The number of benzene rings is 3. The molecule has 5 N–H and O–H groups in total. The van der Waals surface area contributed by atoms with Crippen molar-refractivity contribution in [3.05, 3.63) is 102 Å². The average molecular weight is 445 g/mol. The number of hydrogen-bond donors (Lipinski definition) is 3. The lowest BCUT2D eigenvalue weighted by atomic mass is 10.0. The zero-order valence-electron chi connectivity index (χ0n) is 17.6. The van der Waals surface area contributed by atoms with Crippen molar-refractivity contribution in [1.29, 1.82) is 5.41 Å². The van der Waals surface area contributed by atoms with E-state index in [4.69, 9.17) is 16.3 Å². The molecule has 1 heterocycles. The second kappa shape index (κ2) is 8.45. The Bertz CT molecular complexity index is 1400. The second-order valence-electron chi connectivity index (χ2n) is 7.81. The van der Waals surface area contributed by atoms with Crippen LogP contribution in [0.25, 0.3) is 22.3 Å². The monoisotopic (exact) mass is 444 g/mol. The summed E-state index contributed by atoms with van der Waals surface area (Å²) in [7, 11) is -3.82. The van der Waals surface area contributed by atoms with Gasteiger partial charge in [0.2, 0.25) is 10.0 Å². The minimum Gasteiger partial charge on any atom is -0.384 e. The van der Waals surface area contributed by atoms with E-state index in [1.165, 1.54) is 0 Å². The van der Waals surface area contributed by atoms with E-state index in [2.05, 4.69) is 10.8 Å². The van der Waals surface area contributed by atoms with Crippen molar-refractivity contribution in [3.63, 3.8) is 0 Å². The van der Waals surface area contributed by atoms with Crippen LogP contribution in [0.3, 0.4) is 0 Å². The number of amidine groups is 1. The summed E-state index contributed by atoms with van der Waals surface area (Å²) in [5.74, 6) is 0.0549. The van der Waals surface area contributed by atoms with Crippen molar-refractivity contribution < 1.29 is 8.42 Å². The van der Waals surface area contributed by atoms with Gasteiger partial charge in [0.15, 0.2) is 0 Å². The van der Waals surface area contributed by atoms with Crippen LogP contribution in [-0.4, -0.2) is 18.8 Å². The zero-order chi connectivity index (χ0) is 22.9. The topological polar surface area (TPSA) is 115 Å². The molecule has 0 aliphatic rings. The standard InChI is InChI=1S/C25H24N4O2S/c1-17-5-10-24(32(28,30)31)23(13-17)20-8-6-19(7-9-20)22-11-12-29(16-22)15-18-3-2-4-21(14-18)25(26)27/h2-14,16H,15H2,1H3,(H3,26,27)(H2,28,30,31). The van der Waals surface area contributed by atoms with Gasteiger partial charge in [0.1, 0.15) is 5.84 Å². The molecule has 0 unspecified atom stereocenters. The molecule has 162 valence electrons. The first kappa shape index (κ1) is 21.5. The summed E-state index contributed by atoms with van der Waals surface area (Å²) in [5.41, 5.74) is 11.8. The molecular formula is C25H24N4O2S. The van der Waals surface area contributed by atoms with E-state index < -0.39 is 10.0 Å². The minimum atomic E-state index is -3.82. The molecular weight excluding hydrogens is 420 g/mol. The zero-order valence-corrected chi connectivity index (χ0v) is 18.4. The summed E-state index contributed by atoms with van der Waals surface area (Å²) in [6.45, 7) is 2.58. The normalized spacial score (nSPS) is 11.4. The van der Waals surface area contributed by atoms with Crippen molar-refractivity contribution in [2.75, 3.05) is 0 Å². The van der Waals surface area contributed by atoms with E-state index in [-0.39, 0.29) is 10.7 Å². The van der Waals surface area contributed by atoms with Crippen molar-refractivity contribution in [2.45, 2.75) is 18.4 Å². The van der Waals surface area contributed by atoms with Crippen LogP contribution in [-0.2, 0) is 16.6 Å². The first-order valence-corrected chi connectivity index (χ1v) is 11.6. The molecule has 0 aliphatic carbocycles. The van der Waals surface area contributed by atoms with E-state index in [0.29, 0.717) is 17.7 Å². The highest BCUT2D eigenvalue weighted by Gasteiger charge is 2.15. The predicted octanol–water partition coefficient (Wildman–Crippen LogP) is 4.11. The maximum absolute atomic E-state index is 12.0. The lowest BCUT2D eigenvalue weighted by Gasteiger charge is -2.10. The molecule has 6 nitrogen and oxygen atoms in total. The third-order valence-electron chi connectivity index (χ3n) is 5.32. The third kappa shape index (κ3) is 4.64. The maximum Gasteiger partial charge on any atom is 0.238 e. The molecule has 0 radical (unpaired) electrons. The third-order valence-corrected chi connectivity index (χ3v) is 6.29. The van der Waals surface area contributed by atoms with Gasteiger partial charge < -0.3 is 10.3 Å². The fourth-order valence-electron chi connectivity index (χ4n) is 3.72. The number of nitrogen functional groups attached to an aromatic ring is 1. The fraction of sp³-hybridized carbons (Fsp3) is 0.0800. The Morgan fingerprint density at radius 2 is 1.66 bits per heavy atom. The molecule has 32 heavy (non-hydrogen) atoms. The highest BCUT2D eigenvalue weighted by atomic mass is 32.2. The number of nitrogens with two attached hydrogens (primary N) is 2. The van der Waals surface area contributed by atoms with E-state index in [1.807, 2.05) is 73.8 Å². The molecule has 0 saturated heterocycles. The second-order valence-corrected chi connectivity index (χ2v) is 9.34. The highest BCUT2D eigenvalue weighted by molar-refractivity contribution is 7.89. The van der Waals surface area contributed by atoms with Crippen LogP contribution in [0, 0.1) is 12.3 Å². The van der Waals surface area contributed by atoms with E-state index in [1.54, 1.807) is 12.1 Å². The van der Waals surface area contributed by atoms with Crippen LogP contribution in [0.5, 0.6) is 0 Å². The van der Waals surface area contributed by atoms with E-state index in [0.717, 1.165) is 27.8 Å². The van der Waals surface area contributed by atoms with Crippen LogP contribution in [0.4, 0.5) is 0 Å². The number of sulfonamides is 1. The number of hydrogen-bond acceptors (Lipinski definition) is 3. The number of primary sulfonamides is 1. The summed E-state index contributed by atoms with van der Waals surface area (Å²) in [6.07, 6.45) is 4.06.